The van der Waals surface area contributed by atoms with Crippen LogP contribution in [0.1, 0.15) is 35.8 Å². The third-order valence-electron chi connectivity index (χ3n) is 5.39. The number of anilines is 2. The van der Waals surface area contributed by atoms with Crippen molar-refractivity contribution in [3.8, 4) is 0 Å². The number of nitrogens with zero attached hydrogens (tertiary/aromatic N) is 6. The molecule has 0 spiro atoms. The van der Waals surface area contributed by atoms with Crippen LogP contribution in [0, 0.1) is 0 Å². The Morgan fingerprint density at radius 3 is 2.26 bits per heavy atom. The van der Waals surface area contributed by atoms with Gasteiger partial charge in [0.2, 0.25) is 0 Å². The Balaban J connectivity index is 1.37. The fourth-order valence-electron chi connectivity index (χ4n) is 3.72. The predicted octanol–water partition coefficient (Wildman–Crippen LogP) is 2.00. The van der Waals surface area contributed by atoms with E-state index in [9.17, 15) is 4.79 Å². The smallest absolute Gasteiger partial charge is 0.255 e. The van der Waals surface area contributed by atoms with Gasteiger partial charge in [0.15, 0.2) is 0 Å². The highest BCUT2D eigenvalue weighted by molar-refractivity contribution is 5.94. The zero-order valence-electron chi connectivity index (χ0n) is 15.8. The second kappa shape index (κ2) is 7.90. The van der Waals surface area contributed by atoms with E-state index in [-0.39, 0.29) is 5.91 Å². The molecule has 2 aromatic rings. The molecule has 0 aromatic carbocycles. The Labute approximate surface area is 160 Å². The lowest BCUT2D eigenvalue weighted by atomic mass is 10.2. The number of likely N-dealkylation sites (tertiary alicyclic amines) is 1. The molecule has 1 amide bonds. The van der Waals surface area contributed by atoms with Gasteiger partial charge < -0.3 is 14.7 Å². The molecule has 0 aliphatic carbocycles. The molecule has 27 heavy (non-hydrogen) atoms. The first kappa shape index (κ1) is 17.7. The number of piperazine rings is 1. The summed E-state index contributed by atoms with van der Waals surface area (Å²) >= 11 is 0. The summed E-state index contributed by atoms with van der Waals surface area (Å²) in [6.07, 6.45) is 6.50. The molecule has 0 saturated carbocycles. The van der Waals surface area contributed by atoms with Gasteiger partial charge in [0.25, 0.3) is 5.91 Å². The van der Waals surface area contributed by atoms with Crippen LogP contribution in [0.4, 0.5) is 11.6 Å². The molecule has 142 valence electrons. The summed E-state index contributed by atoms with van der Waals surface area (Å²) in [7, 11) is 0. The number of pyridine rings is 1. The first-order valence-electron chi connectivity index (χ1n) is 9.81. The highest BCUT2D eigenvalue weighted by Crippen LogP contribution is 2.19. The average Bonchev–Trinajstić information content (AvgIpc) is 3.28. The van der Waals surface area contributed by atoms with E-state index in [0.29, 0.717) is 5.56 Å². The molecule has 0 N–H and O–H groups in total. The third kappa shape index (κ3) is 3.86. The van der Waals surface area contributed by atoms with Crippen molar-refractivity contribution in [1.82, 2.24) is 19.9 Å². The molecule has 0 atom stereocenters. The largest absolute Gasteiger partial charge is 0.353 e. The molecule has 4 heterocycles. The first-order chi connectivity index (χ1) is 13.2. The van der Waals surface area contributed by atoms with Crippen LogP contribution in [-0.2, 0) is 6.42 Å². The maximum Gasteiger partial charge on any atom is 0.255 e. The zero-order valence-corrected chi connectivity index (χ0v) is 15.8. The Morgan fingerprint density at radius 1 is 0.926 bits per heavy atom. The van der Waals surface area contributed by atoms with Gasteiger partial charge in [-0.3, -0.25) is 4.79 Å². The van der Waals surface area contributed by atoms with Gasteiger partial charge in [0.05, 0.1) is 5.56 Å². The third-order valence-corrected chi connectivity index (χ3v) is 5.39. The van der Waals surface area contributed by atoms with E-state index in [2.05, 4.69) is 37.7 Å². The second-order valence-electron chi connectivity index (χ2n) is 7.10. The molecule has 7 heteroatoms. The van der Waals surface area contributed by atoms with Gasteiger partial charge in [-0.15, -0.1) is 0 Å². The van der Waals surface area contributed by atoms with Crippen molar-refractivity contribution in [2.45, 2.75) is 26.2 Å². The van der Waals surface area contributed by atoms with E-state index in [0.717, 1.165) is 75.9 Å². The van der Waals surface area contributed by atoms with E-state index >= 15 is 0 Å². The fraction of sp³-hybridized carbons (Fsp3) is 0.500. The lowest BCUT2D eigenvalue weighted by molar-refractivity contribution is 0.0792. The minimum absolute atomic E-state index is 0.104. The monoisotopic (exact) mass is 366 g/mol. The van der Waals surface area contributed by atoms with E-state index in [1.165, 1.54) is 0 Å². The van der Waals surface area contributed by atoms with E-state index < -0.39 is 0 Å². The lowest BCUT2D eigenvalue weighted by Gasteiger charge is -2.36. The maximum atomic E-state index is 12.4. The van der Waals surface area contributed by atoms with Crippen LogP contribution in [-0.4, -0.2) is 65.0 Å². The molecule has 2 fully saturated rings. The van der Waals surface area contributed by atoms with E-state index in [1.54, 1.807) is 12.5 Å². The van der Waals surface area contributed by atoms with Crippen LogP contribution in [0.15, 0.2) is 30.7 Å². The van der Waals surface area contributed by atoms with E-state index in [1.807, 2.05) is 17.0 Å². The molecular weight excluding hydrogens is 340 g/mol. The molecule has 7 nitrogen and oxygen atoms in total. The predicted molar refractivity (Wildman–Crippen MR) is 105 cm³/mol. The topological polar surface area (TPSA) is 65.5 Å². The quantitative estimate of drug-likeness (QED) is 0.825. The molecule has 0 radical (unpaired) electrons. The van der Waals surface area contributed by atoms with Crippen molar-refractivity contribution in [2.24, 2.45) is 0 Å². The van der Waals surface area contributed by atoms with Gasteiger partial charge in [-0.2, -0.15) is 0 Å². The molecule has 2 saturated heterocycles. The average molecular weight is 366 g/mol. The number of aromatic nitrogens is 3. The normalized spacial score (nSPS) is 17.4. The van der Waals surface area contributed by atoms with Gasteiger partial charge in [-0.1, -0.05) is 6.92 Å². The lowest BCUT2D eigenvalue weighted by Crippen LogP contribution is -2.47. The number of carbonyl (C=O) groups is 1. The van der Waals surface area contributed by atoms with Crippen LogP contribution in [0.3, 0.4) is 0 Å². The molecule has 0 bridgehead atoms. The minimum atomic E-state index is 0.104. The minimum Gasteiger partial charge on any atom is -0.353 e. The molecule has 2 aliphatic heterocycles. The van der Waals surface area contributed by atoms with Gasteiger partial charge in [0, 0.05) is 57.2 Å². The highest BCUT2D eigenvalue weighted by Gasteiger charge is 2.22. The van der Waals surface area contributed by atoms with Gasteiger partial charge >= 0.3 is 0 Å². The van der Waals surface area contributed by atoms with Crippen molar-refractivity contribution in [2.75, 3.05) is 49.1 Å². The van der Waals surface area contributed by atoms with Crippen LogP contribution in [0.5, 0.6) is 0 Å². The molecule has 2 aromatic heterocycles. The van der Waals surface area contributed by atoms with Crippen molar-refractivity contribution >= 4 is 17.5 Å². The van der Waals surface area contributed by atoms with Crippen molar-refractivity contribution in [3.63, 3.8) is 0 Å². The molecule has 4 rings (SSSR count). The Bertz CT molecular complexity index is 779. The number of amides is 1. The van der Waals surface area contributed by atoms with Gasteiger partial charge in [-0.05, 0) is 31.4 Å². The summed E-state index contributed by atoms with van der Waals surface area (Å²) in [5.41, 5.74) is 1.76. The molecule has 2 aliphatic rings. The summed E-state index contributed by atoms with van der Waals surface area (Å²) < 4.78 is 0. The second-order valence-corrected chi connectivity index (χ2v) is 7.10. The highest BCUT2D eigenvalue weighted by atomic mass is 16.2. The summed E-state index contributed by atoms with van der Waals surface area (Å²) in [4.78, 5) is 32.2. The van der Waals surface area contributed by atoms with Gasteiger partial charge in [0.1, 0.15) is 18.0 Å². The van der Waals surface area contributed by atoms with Crippen LogP contribution in [0.25, 0.3) is 0 Å². The van der Waals surface area contributed by atoms with Gasteiger partial charge in [-0.25, -0.2) is 15.0 Å². The molecular formula is C20H26N6O. The summed E-state index contributed by atoms with van der Waals surface area (Å²) in [5, 5.41) is 0. The first-order valence-corrected chi connectivity index (χ1v) is 9.81. The Morgan fingerprint density at radius 2 is 1.63 bits per heavy atom. The fourth-order valence-corrected chi connectivity index (χ4v) is 3.72. The number of aryl methyl sites for hydroxylation is 1. The zero-order chi connectivity index (χ0) is 18.6. The number of carbonyl (C=O) groups excluding carboxylic acids is 1. The van der Waals surface area contributed by atoms with Crippen molar-refractivity contribution in [1.29, 1.82) is 0 Å². The summed E-state index contributed by atoms with van der Waals surface area (Å²) in [6.45, 7) is 7.41. The number of rotatable bonds is 4. The van der Waals surface area contributed by atoms with E-state index in [4.69, 9.17) is 0 Å². The van der Waals surface area contributed by atoms with Crippen LogP contribution in [0.2, 0.25) is 0 Å². The van der Waals surface area contributed by atoms with Crippen LogP contribution >= 0.6 is 0 Å². The number of hydrogen-bond donors (Lipinski definition) is 0. The SMILES string of the molecule is CCc1cc(N2CCN(c3ccc(C(=O)N4CCCC4)cn3)CC2)ncn1. The standard InChI is InChI=1S/C20H26N6O/c1-2-17-13-19(23-15-22-17)25-11-9-24(10-12-25)18-6-5-16(14-21-18)20(27)26-7-3-4-8-26/h5-6,13-15H,2-4,7-12H2,1H3. The van der Waals surface area contributed by atoms with Crippen LogP contribution < -0.4 is 9.80 Å². The maximum absolute atomic E-state index is 12.4. The van der Waals surface area contributed by atoms with Crippen molar-refractivity contribution < 1.29 is 4.79 Å². The molecule has 0 unspecified atom stereocenters. The summed E-state index contributed by atoms with van der Waals surface area (Å²) in [6, 6.07) is 5.96. The number of hydrogen-bond acceptors (Lipinski definition) is 6. The Hall–Kier alpha value is -2.70. The Kier molecular flexibility index (Phi) is 5.18. The van der Waals surface area contributed by atoms with Crippen molar-refractivity contribution in [3.05, 3.63) is 42.0 Å². The summed E-state index contributed by atoms with van der Waals surface area (Å²) in [5.74, 6) is 2.04.